The monoisotopic (exact) mass is 362 g/mol. The summed E-state index contributed by atoms with van der Waals surface area (Å²) in [5, 5.41) is 21.9. The molecule has 0 amide bonds. The van der Waals surface area contributed by atoms with E-state index in [0.29, 0.717) is 23.7 Å². The van der Waals surface area contributed by atoms with Crippen molar-refractivity contribution in [1.29, 1.82) is 0 Å². The molecule has 25 heavy (non-hydrogen) atoms. The van der Waals surface area contributed by atoms with Crippen molar-refractivity contribution >= 4 is 11.8 Å². The first-order valence-corrected chi connectivity index (χ1v) is 8.91. The Labute approximate surface area is 151 Å². The van der Waals surface area contributed by atoms with Crippen molar-refractivity contribution in [2.45, 2.75) is 23.0 Å². The lowest BCUT2D eigenvalue weighted by Gasteiger charge is -2.38. The molecule has 0 saturated carbocycles. The van der Waals surface area contributed by atoms with Crippen molar-refractivity contribution in [3.05, 3.63) is 47.5 Å². The Morgan fingerprint density at radius 3 is 2.48 bits per heavy atom. The van der Waals surface area contributed by atoms with Gasteiger partial charge in [-0.05, 0) is 35.4 Å². The number of hydrogen-bond donors (Lipinski definition) is 2. The number of thioether (sulfide) groups is 1. The van der Waals surface area contributed by atoms with Gasteiger partial charge in [0.15, 0.2) is 11.5 Å². The van der Waals surface area contributed by atoms with Gasteiger partial charge in [-0.25, -0.2) is 0 Å². The van der Waals surface area contributed by atoms with Crippen molar-refractivity contribution in [2.24, 2.45) is 0 Å². The first kappa shape index (κ1) is 17.9. The van der Waals surface area contributed by atoms with Gasteiger partial charge >= 0.3 is 0 Å². The zero-order chi connectivity index (χ0) is 18.0. The highest BCUT2D eigenvalue weighted by molar-refractivity contribution is 7.99. The van der Waals surface area contributed by atoms with E-state index in [9.17, 15) is 10.2 Å². The third kappa shape index (κ3) is 3.42. The minimum absolute atomic E-state index is 0.312. The maximum atomic E-state index is 11.1. The Kier molecular flexibility index (Phi) is 5.13. The van der Waals surface area contributed by atoms with Crippen LogP contribution < -0.4 is 14.2 Å². The number of aliphatic hydroxyl groups excluding tert-OH is 1. The molecule has 134 valence electrons. The van der Waals surface area contributed by atoms with E-state index in [1.807, 2.05) is 24.3 Å². The Hall–Kier alpha value is -1.89. The molecule has 1 heterocycles. The summed E-state index contributed by atoms with van der Waals surface area (Å²) in [6.07, 6.45) is -0.657. The van der Waals surface area contributed by atoms with Crippen LogP contribution in [-0.4, -0.2) is 42.9 Å². The SMILES string of the molecule is COc1ccc2c(c1)SCC(O)(Cc1ccc(OC)c(OC)c1)C2O. The molecule has 1 aliphatic rings. The molecule has 0 radical (unpaired) electrons. The summed E-state index contributed by atoms with van der Waals surface area (Å²) < 4.78 is 15.8. The Bertz CT molecular complexity index is 763. The largest absolute Gasteiger partial charge is 0.497 e. The van der Waals surface area contributed by atoms with Crippen LogP contribution in [0.5, 0.6) is 17.2 Å². The van der Waals surface area contributed by atoms with Crippen molar-refractivity contribution in [2.75, 3.05) is 27.1 Å². The van der Waals surface area contributed by atoms with Gasteiger partial charge in [-0.2, -0.15) is 0 Å². The third-order valence-electron chi connectivity index (χ3n) is 4.46. The van der Waals surface area contributed by atoms with E-state index in [0.717, 1.165) is 21.8 Å². The number of ether oxygens (including phenoxy) is 3. The van der Waals surface area contributed by atoms with E-state index >= 15 is 0 Å². The zero-order valence-corrected chi connectivity index (χ0v) is 15.3. The topological polar surface area (TPSA) is 68.2 Å². The molecule has 2 aromatic carbocycles. The van der Waals surface area contributed by atoms with Crippen LogP contribution in [0.25, 0.3) is 0 Å². The fraction of sp³-hybridized carbons (Fsp3) is 0.368. The van der Waals surface area contributed by atoms with Crippen LogP contribution in [0.2, 0.25) is 0 Å². The first-order chi connectivity index (χ1) is 12.0. The van der Waals surface area contributed by atoms with E-state index in [4.69, 9.17) is 14.2 Å². The van der Waals surface area contributed by atoms with Gasteiger partial charge in [-0.3, -0.25) is 0 Å². The number of hydrogen-bond acceptors (Lipinski definition) is 6. The van der Waals surface area contributed by atoms with E-state index < -0.39 is 11.7 Å². The summed E-state index contributed by atoms with van der Waals surface area (Å²) in [5.41, 5.74) is 0.336. The van der Waals surface area contributed by atoms with E-state index in [1.165, 1.54) is 11.8 Å². The van der Waals surface area contributed by atoms with Crippen molar-refractivity contribution in [1.82, 2.24) is 0 Å². The predicted octanol–water partition coefficient (Wildman–Crippen LogP) is 2.83. The highest BCUT2D eigenvalue weighted by atomic mass is 32.2. The molecule has 2 unspecified atom stereocenters. The number of aliphatic hydroxyl groups is 2. The van der Waals surface area contributed by atoms with Crippen LogP contribution in [-0.2, 0) is 6.42 Å². The minimum Gasteiger partial charge on any atom is -0.497 e. The van der Waals surface area contributed by atoms with Gasteiger partial charge < -0.3 is 24.4 Å². The fourth-order valence-electron chi connectivity index (χ4n) is 3.06. The predicted molar refractivity (Wildman–Crippen MR) is 96.9 cm³/mol. The quantitative estimate of drug-likeness (QED) is 0.853. The molecule has 1 aliphatic heterocycles. The van der Waals surface area contributed by atoms with E-state index in [1.54, 1.807) is 33.5 Å². The highest BCUT2D eigenvalue weighted by Gasteiger charge is 2.41. The number of fused-ring (bicyclic) bond motifs is 1. The summed E-state index contributed by atoms with van der Waals surface area (Å²) in [6, 6.07) is 11.0. The van der Waals surface area contributed by atoms with Crippen LogP contribution in [0.3, 0.4) is 0 Å². The second-order valence-corrected chi connectivity index (χ2v) is 7.08. The van der Waals surface area contributed by atoms with Gasteiger partial charge in [0.2, 0.25) is 0 Å². The van der Waals surface area contributed by atoms with Gasteiger partial charge in [-0.1, -0.05) is 12.1 Å². The molecule has 0 aromatic heterocycles. The van der Waals surface area contributed by atoms with Gasteiger partial charge in [0.1, 0.15) is 17.5 Å². The lowest BCUT2D eigenvalue weighted by molar-refractivity contribution is -0.0626. The van der Waals surface area contributed by atoms with Crippen LogP contribution in [0.1, 0.15) is 17.2 Å². The molecule has 2 aromatic rings. The molecule has 3 rings (SSSR count). The molecule has 6 heteroatoms. The molecule has 0 bridgehead atoms. The Morgan fingerprint density at radius 2 is 1.80 bits per heavy atom. The fourth-order valence-corrected chi connectivity index (χ4v) is 4.27. The maximum absolute atomic E-state index is 11.1. The molecule has 5 nitrogen and oxygen atoms in total. The molecule has 2 atom stereocenters. The van der Waals surface area contributed by atoms with Gasteiger partial charge in [-0.15, -0.1) is 11.8 Å². The van der Waals surface area contributed by atoms with Crippen LogP contribution in [0.4, 0.5) is 0 Å². The molecule has 0 fully saturated rings. The van der Waals surface area contributed by atoms with Crippen LogP contribution in [0, 0.1) is 0 Å². The zero-order valence-electron chi connectivity index (χ0n) is 14.5. The number of methoxy groups -OCH3 is 3. The first-order valence-electron chi connectivity index (χ1n) is 7.93. The van der Waals surface area contributed by atoms with Gasteiger partial charge in [0, 0.05) is 17.1 Å². The average molecular weight is 362 g/mol. The van der Waals surface area contributed by atoms with E-state index in [2.05, 4.69) is 0 Å². The molecular weight excluding hydrogens is 340 g/mol. The van der Waals surface area contributed by atoms with Gasteiger partial charge in [0.25, 0.3) is 0 Å². The van der Waals surface area contributed by atoms with Crippen molar-refractivity contribution in [3.8, 4) is 17.2 Å². The lowest BCUT2D eigenvalue weighted by atomic mass is 9.86. The standard InChI is InChI=1S/C19H22O5S/c1-22-13-5-6-14-17(9-13)25-11-19(21,18(14)20)10-12-4-7-15(23-2)16(8-12)24-3/h4-9,18,20-21H,10-11H2,1-3H3. The second kappa shape index (κ2) is 7.15. The summed E-state index contributed by atoms with van der Waals surface area (Å²) in [5.74, 6) is 2.37. The molecular formula is C19H22O5S. The average Bonchev–Trinajstić information content (AvgIpc) is 2.64. The van der Waals surface area contributed by atoms with Crippen LogP contribution >= 0.6 is 11.8 Å². The maximum Gasteiger partial charge on any atom is 0.160 e. The normalized spacial score (nSPS) is 22.2. The molecule has 0 spiro atoms. The smallest absolute Gasteiger partial charge is 0.160 e. The molecule has 0 saturated heterocycles. The second-order valence-electron chi connectivity index (χ2n) is 6.06. The van der Waals surface area contributed by atoms with Crippen molar-refractivity contribution in [3.63, 3.8) is 0 Å². The van der Waals surface area contributed by atoms with Crippen molar-refractivity contribution < 1.29 is 24.4 Å². The Balaban J connectivity index is 1.87. The Morgan fingerprint density at radius 1 is 1.04 bits per heavy atom. The third-order valence-corrected chi connectivity index (χ3v) is 5.77. The summed E-state index contributed by atoms with van der Waals surface area (Å²) >= 11 is 1.52. The summed E-state index contributed by atoms with van der Waals surface area (Å²) in [6.45, 7) is 0. The highest BCUT2D eigenvalue weighted by Crippen LogP contribution is 2.45. The lowest BCUT2D eigenvalue weighted by Crippen LogP contribution is -2.43. The van der Waals surface area contributed by atoms with Gasteiger partial charge in [0.05, 0.1) is 21.3 Å². The summed E-state index contributed by atoms with van der Waals surface area (Å²) in [7, 11) is 4.77. The number of benzene rings is 2. The molecule has 2 N–H and O–H groups in total. The van der Waals surface area contributed by atoms with Crippen LogP contribution in [0.15, 0.2) is 41.3 Å². The van der Waals surface area contributed by atoms with E-state index in [-0.39, 0.29) is 0 Å². The number of rotatable bonds is 5. The molecule has 0 aliphatic carbocycles. The summed E-state index contributed by atoms with van der Waals surface area (Å²) in [4.78, 5) is 0.934. The minimum atomic E-state index is -1.26.